The van der Waals surface area contributed by atoms with Crippen molar-refractivity contribution in [3.05, 3.63) is 54.1 Å². The molecular formula is C27H36N6O2S. The van der Waals surface area contributed by atoms with Crippen molar-refractivity contribution < 1.29 is 9.59 Å². The van der Waals surface area contributed by atoms with Crippen molar-refractivity contribution in [2.75, 3.05) is 18.8 Å². The molecule has 2 aromatic carbocycles. The number of tetrazole rings is 1. The first-order valence-corrected chi connectivity index (χ1v) is 13.1. The van der Waals surface area contributed by atoms with Gasteiger partial charge in [0.25, 0.3) is 0 Å². The van der Waals surface area contributed by atoms with Crippen LogP contribution in [0.4, 0.5) is 0 Å². The number of thiol groups is 1. The van der Waals surface area contributed by atoms with Crippen molar-refractivity contribution in [2.24, 2.45) is 11.8 Å². The maximum Gasteiger partial charge on any atom is 0.224 e. The van der Waals surface area contributed by atoms with Crippen LogP contribution in [0.5, 0.6) is 0 Å². The number of amides is 2. The second-order valence-electron chi connectivity index (χ2n) is 9.36. The van der Waals surface area contributed by atoms with Gasteiger partial charge in [-0.05, 0) is 45.9 Å². The Morgan fingerprint density at radius 3 is 2.42 bits per heavy atom. The van der Waals surface area contributed by atoms with Gasteiger partial charge in [0.05, 0.1) is 0 Å². The van der Waals surface area contributed by atoms with Crippen LogP contribution in [0.1, 0.15) is 45.6 Å². The topological polar surface area (TPSA) is 104 Å². The van der Waals surface area contributed by atoms with E-state index in [0.717, 1.165) is 35.1 Å². The molecule has 0 bridgehead atoms. The van der Waals surface area contributed by atoms with Gasteiger partial charge in [-0.15, -0.1) is 5.10 Å². The van der Waals surface area contributed by atoms with E-state index in [2.05, 4.69) is 52.4 Å². The normalized spacial score (nSPS) is 11.9. The molecule has 0 saturated heterocycles. The Labute approximate surface area is 218 Å². The van der Waals surface area contributed by atoms with E-state index in [-0.39, 0.29) is 17.7 Å². The van der Waals surface area contributed by atoms with Crippen LogP contribution in [-0.2, 0) is 16.1 Å². The molecule has 0 aliphatic rings. The molecule has 0 fully saturated rings. The third kappa shape index (κ3) is 7.65. The lowest BCUT2D eigenvalue weighted by Crippen LogP contribution is -2.40. The van der Waals surface area contributed by atoms with Gasteiger partial charge in [0.15, 0.2) is 5.82 Å². The highest BCUT2D eigenvalue weighted by atomic mass is 32.1. The molecule has 3 aromatic rings. The van der Waals surface area contributed by atoms with Crippen LogP contribution in [-0.4, -0.2) is 56.2 Å². The van der Waals surface area contributed by atoms with Crippen molar-refractivity contribution in [3.8, 4) is 22.5 Å². The lowest BCUT2D eigenvalue weighted by molar-refractivity contribution is -0.132. The fourth-order valence-electron chi connectivity index (χ4n) is 4.18. The second kappa shape index (κ2) is 13.8. The molecule has 1 heterocycles. The van der Waals surface area contributed by atoms with Crippen LogP contribution in [0.25, 0.3) is 22.5 Å². The van der Waals surface area contributed by atoms with E-state index in [4.69, 9.17) is 0 Å². The molecule has 2 amide bonds. The molecule has 8 nitrogen and oxygen atoms in total. The van der Waals surface area contributed by atoms with Crippen LogP contribution in [0.2, 0.25) is 0 Å². The van der Waals surface area contributed by atoms with Gasteiger partial charge >= 0.3 is 0 Å². The number of benzene rings is 2. The summed E-state index contributed by atoms with van der Waals surface area (Å²) >= 11 is 4.34. The smallest absolute Gasteiger partial charge is 0.224 e. The van der Waals surface area contributed by atoms with E-state index < -0.39 is 0 Å². The first-order chi connectivity index (χ1) is 17.4. The third-order valence-corrected chi connectivity index (χ3v) is 6.45. The Kier molecular flexibility index (Phi) is 10.5. The summed E-state index contributed by atoms with van der Waals surface area (Å²) in [6.45, 7) is 7.58. The molecule has 1 unspecified atom stereocenters. The zero-order valence-electron chi connectivity index (χ0n) is 21.3. The molecule has 1 aromatic heterocycles. The van der Waals surface area contributed by atoms with Crippen molar-refractivity contribution in [3.63, 3.8) is 0 Å². The summed E-state index contributed by atoms with van der Waals surface area (Å²) < 4.78 is 0. The van der Waals surface area contributed by atoms with Gasteiger partial charge in [-0.1, -0.05) is 69.3 Å². The van der Waals surface area contributed by atoms with Crippen LogP contribution in [0.15, 0.2) is 48.5 Å². The Balaban J connectivity index is 1.67. The Morgan fingerprint density at radius 2 is 1.81 bits per heavy atom. The largest absolute Gasteiger partial charge is 0.354 e. The summed E-state index contributed by atoms with van der Waals surface area (Å²) in [6.07, 6.45) is 2.07. The summed E-state index contributed by atoms with van der Waals surface area (Å²) in [4.78, 5) is 27.2. The van der Waals surface area contributed by atoms with E-state index in [0.29, 0.717) is 43.6 Å². The number of carbonyl (C=O) groups excluding carboxylic acids is 2. The standard InChI is InChI=1S/C27H36N6O2S/c1-4-7-25(34)33(15-14-28-27(35)22(18-36)16-19(2)3)17-20-10-12-21(13-11-20)23-8-5-6-9-24(23)26-29-31-32-30-26/h5-6,8-13,19,22,36H,4,7,14-18H2,1-3H3,(H,28,35)(H,29,30,31,32). The van der Waals surface area contributed by atoms with Crippen LogP contribution in [0.3, 0.4) is 0 Å². The van der Waals surface area contributed by atoms with Gasteiger partial charge in [0.2, 0.25) is 11.8 Å². The molecule has 0 aliphatic carbocycles. The Morgan fingerprint density at radius 1 is 1.08 bits per heavy atom. The monoisotopic (exact) mass is 508 g/mol. The van der Waals surface area contributed by atoms with Gasteiger partial charge in [0.1, 0.15) is 0 Å². The molecule has 192 valence electrons. The number of hydrogen-bond acceptors (Lipinski definition) is 6. The second-order valence-corrected chi connectivity index (χ2v) is 9.72. The van der Waals surface area contributed by atoms with E-state index in [1.54, 1.807) is 0 Å². The molecule has 9 heteroatoms. The molecule has 2 N–H and O–H groups in total. The number of rotatable bonds is 13. The van der Waals surface area contributed by atoms with Crippen molar-refractivity contribution in [1.82, 2.24) is 30.8 Å². The third-order valence-electron chi connectivity index (χ3n) is 6.01. The minimum absolute atomic E-state index is 0.00608. The summed E-state index contributed by atoms with van der Waals surface area (Å²) in [5.41, 5.74) is 4.00. The van der Waals surface area contributed by atoms with Gasteiger partial charge in [-0.3, -0.25) is 9.59 Å². The predicted molar refractivity (Wildman–Crippen MR) is 145 cm³/mol. The van der Waals surface area contributed by atoms with Crippen LogP contribution in [0, 0.1) is 11.8 Å². The molecule has 0 radical (unpaired) electrons. The van der Waals surface area contributed by atoms with Crippen molar-refractivity contribution in [2.45, 2.75) is 46.6 Å². The minimum Gasteiger partial charge on any atom is -0.354 e. The van der Waals surface area contributed by atoms with E-state index >= 15 is 0 Å². The van der Waals surface area contributed by atoms with Crippen molar-refractivity contribution >= 4 is 24.4 Å². The average Bonchev–Trinajstić information content (AvgIpc) is 3.42. The minimum atomic E-state index is -0.115. The molecule has 3 rings (SSSR count). The maximum absolute atomic E-state index is 12.8. The van der Waals surface area contributed by atoms with Crippen molar-refractivity contribution in [1.29, 1.82) is 0 Å². The Bertz CT molecular complexity index is 1100. The molecule has 0 spiro atoms. The molecule has 1 atom stereocenters. The highest BCUT2D eigenvalue weighted by molar-refractivity contribution is 7.80. The first-order valence-electron chi connectivity index (χ1n) is 12.5. The molecule has 0 aliphatic heterocycles. The van der Waals surface area contributed by atoms with Crippen LogP contribution >= 0.6 is 12.6 Å². The summed E-state index contributed by atoms with van der Waals surface area (Å²) in [6, 6.07) is 16.1. The summed E-state index contributed by atoms with van der Waals surface area (Å²) in [5.74, 6) is 1.54. The fourth-order valence-corrected chi connectivity index (χ4v) is 4.50. The van der Waals surface area contributed by atoms with E-state index in [1.165, 1.54) is 0 Å². The highest BCUT2D eigenvalue weighted by Crippen LogP contribution is 2.29. The molecule has 0 saturated carbocycles. The van der Waals surface area contributed by atoms with Crippen LogP contribution < -0.4 is 5.32 Å². The molecule has 36 heavy (non-hydrogen) atoms. The van der Waals surface area contributed by atoms with E-state index in [1.807, 2.05) is 60.4 Å². The Hall–Kier alpha value is -3.20. The SMILES string of the molecule is CCCC(=O)N(CCNC(=O)C(CS)CC(C)C)Cc1ccc(-c2ccccc2-c2nnn[nH]2)cc1. The van der Waals surface area contributed by atoms with Gasteiger partial charge in [-0.25, -0.2) is 5.10 Å². The van der Waals surface area contributed by atoms with E-state index in [9.17, 15) is 9.59 Å². The number of aromatic amines is 1. The zero-order chi connectivity index (χ0) is 25.9. The maximum atomic E-state index is 12.8. The zero-order valence-corrected chi connectivity index (χ0v) is 22.2. The fraction of sp³-hybridized carbons (Fsp3) is 0.444. The highest BCUT2D eigenvalue weighted by Gasteiger charge is 2.19. The van der Waals surface area contributed by atoms with Gasteiger partial charge in [-0.2, -0.15) is 12.6 Å². The lowest BCUT2D eigenvalue weighted by atomic mass is 9.98. The van der Waals surface area contributed by atoms with Gasteiger partial charge in [0, 0.05) is 43.3 Å². The number of nitrogens with one attached hydrogen (secondary N) is 2. The molecular weight excluding hydrogens is 472 g/mol. The number of hydrogen-bond donors (Lipinski definition) is 3. The number of carbonyl (C=O) groups is 2. The first kappa shape index (κ1) is 27.4. The number of nitrogens with zero attached hydrogens (tertiary/aromatic N) is 4. The number of H-pyrrole nitrogens is 1. The lowest BCUT2D eigenvalue weighted by Gasteiger charge is -2.24. The predicted octanol–water partition coefficient (Wildman–Crippen LogP) is 4.37. The number of aromatic nitrogens is 4. The summed E-state index contributed by atoms with van der Waals surface area (Å²) in [5, 5.41) is 17.2. The van der Waals surface area contributed by atoms with Gasteiger partial charge < -0.3 is 10.2 Å². The quantitative estimate of drug-likeness (QED) is 0.298. The summed E-state index contributed by atoms with van der Waals surface area (Å²) in [7, 11) is 0. The average molecular weight is 509 g/mol.